The minimum absolute atomic E-state index is 0.456. The SMILES string of the molecule is Cc1ccc(C(=O)O/N=C(/c2ccccc2)c2ccccn2)cc1. The molecule has 0 saturated heterocycles. The zero-order chi connectivity index (χ0) is 16.8. The molecule has 0 spiro atoms. The summed E-state index contributed by atoms with van der Waals surface area (Å²) in [5.41, 5.74) is 3.51. The third-order valence-electron chi connectivity index (χ3n) is 3.46. The van der Waals surface area contributed by atoms with Gasteiger partial charge in [0.1, 0.15) is 5.71 Å². The molecule has 1 aromatic heterocycles. The van der Waals surface area contributed by atoms with Crippen LogP contribution in [0.5, 0.6) is 0 Å². The molecular weight excluding hydrogens is 300 g/mol. The summed E-state index contributed by atoms with van der Waals surface area (Å²) >= 11 is 0. The summed E-state index contributed by atoms with van der Waals surface area (Å²) in [6.45, 7) is 1.96. The number of aromatic nitrogens is 1. The standard InChI is InChI=1S/C20H16N2O2/c1-15-10-12-17(13-11-15)20(23)24-22-19(16-7-3-2-4-8-16)18-9-5-6-14-21-18/h2-14H,1H3/b22-19-. The van der Waals surface area contributed by atoms with Gasteiger partial charge in [-0.1, -0.05) is 59.3 Å². The van der Waals surface area contributed by atoms with Crippen molar-refractivity contribution in [2.45, 2.75) is 6.92 Å². The van der Waals surface area contributed by atoms with Gasteiger partial charge in [0.05, 0.1) is 11.3 Å². The quantitative estimate of drug-likeness (QED) is 0.415. The van der Waals surface area contributed by atoms with Crippen LogP contribution in [0.2, 0.25) is 0 Å². The lowest BCUT2D eigenvalue weighted by molar-refractivity contribution is 0.0517. The molecule has 4 heteroatoms. The van der Waals surface area contributed by atoms with Crippen LogP contribution in [0, 0.1) is 6.92 Å². The first-order valence-corrected chi connectivity index (χ1v) is 7.57. The predicted molar refractivity (Wildman–Crippen MR) is 92.9 cm³/mol. The summed E-state index contributed by atoms with van der Waals surface area (Å²) < 4.78 is 0. The van der Waals surface area contributed by atoms with Crippen LogP contribution in [0.15, 0.2) is 84.1 Å². The van der Waals surface area contributed by atoms with Gasteiger partial charge >= 0.3 is 5.97 Å². The molecule has 0 aliphatic carbocycles. The van der Waals surface area contributed by atoms with E-state index in [-0.39, 0.29) is 0 Å². The molecule has 3 aromatic rings. The molecule has 4 nitrogen and oxygen atoms in total. The van der Waals surface area contributed by atoms with Gasteiger partial charge in [0.2, 0.25) is 0 Å². The highest BCUT2D eigenvalue weighted by Crippen LogP contribution is 2.11. The summed E-state index contributed by atoms with van der Waals surface area (Å²) in [6, 6.07) is 22.2. The Balaban J connectivity index is 1.90. The Labute approximate surface area is 140 Å². The van der Waals surface area contributed by atoms with Gasteiger partial charge in [0.25, 0.3) is 0 Å². The average molecular weight is 316 g/mol. The first-order valence-electron chi connectivity index (χ1n) is 7.57. The monoisotopic (exact) mass is 316 g/mol. The predicted octanol–water partition coefficient (Wildman–Crippen LogP) is 4.00. The Morgan fingerprint density at radius 1 is 0.875 bits per heavy atom. The van der Waals surface area contributed by atoms with Crippen molar-refractivity contribution in [3.05, 3.63) is 101 Å². The van der Waals surface area contributed by atoms with E-state index in [4.69, 9.17) is 4.84 Å². The van der Waals surface area contributed by atoms with Crippen molar-refractivity contribution in [2.75, 3.05) is 0 Å². The lowest BCUT2D eigenvalue weighted by Crippen LogP contribution is -2.09. The Kier molecular flexibility index (Phi) is 4.77. The highest BCUT2D eigenvalue weighted by molar-refractivity contribution is 6.11. The maximum Gasteiger partial charge on any atom is 0.365 e. The smallest absolute Gasteiger partial charge is 0.312 e. The van der Waals surface area contributed by atoms with Gasteiger partial charge in [0.15, 0.2) is 0 Å². The number of pyridine rings is 1. The molecule has 1 heterocycles. The molecule has 24 heavy (non-hydrogen) atoms. The normalized spacial score (nSPS) is 11.1. The molecule has 0 aliphatic rings. The van der Waals surface area contributed by atoms with E-state index in [2.05, 4.69) is 10.1 Å². The molecule has 0 radical (unpaired) electrons. The lowest BCUT2D eigenvalue weighted by Gasteiger charge is -2.06. The van der Waals surface area contributed by atoms with Crippen LogP contribution in [0.3, 0.4) is 0 Å². The van der Waals surface area contributed by atoms with Crippen LogP contribution >= 0.6 is 0 Å². The van der Waals surface area contributed by atoms with E-state index in [0.29, 0.717) is 17.0 Å². The summed E-state index contributed by atoms with van der Waals surface area (Å²) in [4.78, 5) is 21.6. The molecule has 0 bridgehead atoms. The summed E-state index contributed by atoms with van der Waals surface area (Å²) in [5, 5.41) is 4.07. The minimum atomic E-state index is -0.501. The summed E-state index contributed by atoms with van der Waals surface area (Å²) in [5.74, 6) is -0.501. The number of aryl methyl sites for hydroxylation is 1. The largest absolute Gasteiger partial charge is 0.365 e. The van der Waals surface area contributed by atoms with Gasteiger partial charge in [-0.25, -0.2) is 4.79 Å². The minimum Gasteiger partial charge on any atom is -0.312 e. The number of carbonyl (C=O) groups excluding carboxylic acids is 1. The van der Waals surface area contributed by atoms with Crippen LogP contribution in [0.4, 0.5) is 0 Å². The first-order chi connectivity index (χ1) is 11.7. The first kappa shape index (κ1) is 15.6. The number of benzene rings is 2. The fourth-order valence-electron chi connectivity index (χ4n) is 2.18. The van der Waals surface area contributed by atoms with E-state index in [0.717, 1.165) is 11.1 Å². The number of hydrogen-bond acceptors (Lipinski definition) is 4. The number of hydrogen-bond donors (Lipinski definition) is 0. The Morgan fingerprint density at radius 3 is 2.25 bits per heavy atom. The molecule has 3 rings (SSSR count). The molecule has 0 unspecified atom stereocenters. The van der Waals surface area contributed by atoms with Crippen molar-refractivity contribution in [3.8, 4) is 0 Å². The van der Waals surface area contributed by atoms with E-state index in [9.17, 15) is 4.79 Å². The molecule has 0 saturated carbocycles. The number of carbonyl (C=O) groups is 1. The number of rotatable bonds is 4. The van der Waals surface area contributed by atoms with E-state index in [1.807, 2.05) is 67.6 Å². The van der Waals surface area contributed by atoms with Crippen LogP contribution < -0.4 is 0 Å². The molecule has 0 N–H and O–H groups in total. The molecule has 0 amide bonds. The zero-order valence-electron chi connectivity index (χ0n) is 13.2. The van der Waals surface area contributed by atoms with Crippen LogP contribution in [0.25, 0.3) is 0 Å². The van der Waals surface area contributed by atoms with Crippen LogP contribution in [-0.4, -0.2) is 16.7 Å². The Morgan fingerprint density at radius 2 is 1.58 bits per heavy atom. The number of oxime groups is 1. The van der Waals surface area contributed by atoms with Crippen LogP contribution in [-0.2, 0) is 4.84 Å². The van der Waals surface area contributed by atoms with Gasteiger partial charge in [-0.15, -0.1) is 0 Å². The van der Waals surface area contributed by atoms with E-state index >= 15 is 0 Å². The fourth-order valence-corrected chi connectivity index (χ4v) is 2.18. The van der Waals surface area contributed by atoms with Crippen molar-refractivity contribution < 1.29 is 9.63 Å². The Hall–Kier alpha value is -3.27. The summed E-state index contributed by atoms with van der Waals surface area (Å²) in [7, 11) is 0. The zero-order valence-corrected chi connectivity index (χ0v) is 13.2. The molecule has 118 valence electrons. The van der Waals surface area contributed by atoms with E-state index in [1.54, 1.807) is 18.3 Å². The number of nitrogens with zero attached hydrogens (tertiary/aromatic N) is 2. The molecule has 0 atom stereocenters. The van der Waals surface area contributed by atoms with Gasteiger partial charge in [-0.05, 0) is 31.2 Å². The van der Waals surface area contributed by atoms with E-state index in [1.165, 1.54) is 0 Å². The topological polar surface area (TPSA) is 51.5 Å². The highest BCUT2D eigenvalue weighted by atomic mass is 16.7. The third kappa shape index (κ3) is 3.73. The Bertz CT molecular complexity index is 800. The van der Waals surface area contributed by atoms with Gasteiger partial charge in [-0.2, -0.15) is 0 Å². The highest BCUT2D eigenvalue weighted by Gasteiger charge is 2.12. The second kappa shape index (κ2) is 7.33. The van der Waals surface area contributed by atoms with Crippen molar-refractivity contribution in [1.82, 2.24) is 4.98 Å². The molecule has 2 aromatic carbocycles. The maximum absolute atomic E-state index is 12.2. The van der Waals surface area contributed by atoms with E-state index < -0.39 is 5.97 Å². The second-order valence-electron chi connectivity index (χ2n) is 5.27. The molecular formula is C20H16N2O2. The summed E-state index contributed by atoms with van der Waals surface area (Å²) in [6.07, 6.45) is 1.68. The lowest BCUT2D eigenvalue weighted by atomic mass is 10.1. The maximum atomic E-state index is 12.2. The third-order valence-corrected chi connectivity index (χ3v) is 3.46. The second-order valence-corrected chi connectivity index (χ2v) is 5.27. The van der Waals surface area contributed by atoms with Gasteiger partial charge < -0.3 is 4.84 Å². The fraction of sp³-hybridized carbons (Fsp3) is 0.0500. The van der Waals surface area contributed by atoms with Crippen molar-refractivity contribution >= 4 is 11.7 Å². The van der Waals surface area contributed by atoms with Crippen molar-refractivity contribution in [2.24, 2.45) is 5.16 Å². The van der Waals surface area contributed by atoms with Crippen molar-refractivity contribution in [3.63, 3.8) is 0 Å². The van der Waals surface area contributed by atoms with Gasteiger partial charge in [0, 0.05) is 11.8 Å². The van der Waals surface area contributed by atoms with Crippen molar-refractivity contribution in [1.29, 1.82) is 0 Å². The molecule has 0 fully saturated rings. The average Bonchev–Trinajstić information content (AvgIpc) is 2.64. The van der Waals surface area contributed by atoms with Gasteiger partial charge in [-0.3, -0.25) is 4.98 Å². The van der Waals surface area contributed by atoms with Crippen LogP contribution in [0.1, 0.15) is 27.2 Å². The molecule has 0 aliphatic heterocycles.